The van der Waals surface area contributed by atoms with Gasteiger partial charge < -0.3 is 0 Å². The van der Waals surface area contributed by atoms with E-state index in [0.717, 1.165) is 0 Å². The van der Waals surface area contributed by atoms with Crippen LogP contribution in [0.15, 0.2) is 108 Å². The molecule has 35 heavy (non-hydrogen) atoms. The molecule has 0 N–H and O–H groups in total. The van der Waals surface area contributed by atoms with Crippen LogP contribution in [-0.4, -0.2) is 24.2 Å². The van der Waals surface area contributed by atoms with Crippen molar-refractivity contribution in [2.75, 3.05) is 0 Å². The van der Waals surface area contributed by atoms with E-state index in [1.165, 1.54) is 11.1 Å². The highest BCUT2D eigenvalue weighted by Gasteiger charge is 2.66. The molecule has 0 saturated carbocycles. The zero-order valence-corrected chi connectivity index (χ0v) is 26.3. The Morgan fingerprint density at radius 2 is 1.09 bits per heavy atom. The van der Waals surface area contributed by atoms with Crippen LogP contribution in [0, 0.1) is 5.92 Å². The third kappa shape index (κ3) is 4.00. The summed E-state index contributed by atoms with van der Waals surface area (Å²) in [4.78, 5) is 0. The smallest absolute Gasteiger partial charge is 0.0764 e. The summed E-state index contributed by atoms with van der Waals surface area (Å²) >= 11 is 0. The maximum atomic E-state index is 2.74. The fourth-order valence-corrected chi connectivity index (χ4v) is 18.8. The molecule has 0 nitrogen and oxygen atoms in total. The van der Waals surface area contributed by atoms with E-state index in [1.54, 1.807) is 5.20 Å². The normalized spacial score (nSPS) is 21.4. The van der Waals surface area contributed by atoms with Crippen LogP contribution in [0.25, 0.3) is 0 Å². The fourth-order valence-electron chi connectivity index (χ4n) is 7.15. The van der Waals surface area contributed by atoms with E-state index in [0.29, 0.717) is 5.92 Å². The van der Waals surface area contributed by atoms with E-state index in [1.807, 2.05) is 5.20 Å². The van der Waals surface area contributed by atoms with Gasteiger partial charge in [0.15, 0.2) is 0 Å². The second-order valence-electron chi connectivity index (χ2n) is 13.5. The van der Waals surface area contributed by atoms with Gasteiger partial charge in [-0.3, -0.25) is 0 Å². The Morgan fingerprint density at radius 1 is 0.629 bits per heavy atom. The Kier molecular flexibility index (Phi) is 6.61. The summed E-state index contributed by atoms with van der Waals surface area (Å²) in [5.74, 6) is 0.302. The summed E-state index contributed by atoms with van der Waals surface area (Å²) in [7, 11) is -5.19. The lowest BCUT2D eigenvalue weighted by Gasteiger charge is -2.61. The van der Waals surface area contributed by atoms with Gasteiger partial charge >= 0.3 is 0 Å². The summed E-state index contributed by atoms with van der Waals surface area (Å²) < 4.78 is 0. The van der Waals surface area contributed by atoms with Crippen LogP contribution in [0.4, 0.5) is 0 Å². The van der Waals surface area contributed by atoms with Gasteiger partial charge in [0.25, 0.3) is 0 Å². The SMILES string of the molecule is C[Si](C)(C)C1=C([Si](C)(C)C)C(C(c2ccccc2)(c2ccccc2)C2C=CC=C2)([Si](C)(C)C)C=C1. The van der Waals surface area contributed by atoms with E-state index in [-0.39, 0.29) is 10.5 Å². The molecule has 0 bridgehead atoms. The molecule has 4 rings (SSSR count). The van der Waals surface area contributed by atoms with Crippen LogP contribution >= 0.6 is 0 Å². The third-order valence-electron chi connectivity index (χ3n) is 8.23. The van der Waals surface area contributed by atoms with Crippen molar-refractivity contribution in [3.8, 4) is 0 Å². The molecule has 2 aromatic rings. The Labute approximate surface area is 217 Å². The Bertz CT molecular complexity index is 1130. The minimum Gasteiger partial charge on any atom is -0.0764 e. The molecular formula is C32H44Si3. The predicted molar refractivity (Wildman–Crippen MR) is 164 cm³/mol. The van der Waals surface area contributed by atoms with Gasteiger partial charge in [0.05, 0.1) is 24.2 Å². The topological polar surface area (TPSA) is 0 Å². The molecule has 2 aliphatic rings. The van der Waals surface area contributed by atoms with Crippen LogP contribution in [0.1, 0.15) is 11.1 Å². The summed E-state index contributed by atoms with van der Waals surface area (Å²) in [6.07, 6.45) is 14.9. The van der Waals surface area contributed by atoms with Crippen molar-refractivity contribution in [2.24, 2.45) is 5.92 Å². The molecule has 3 heteroatoms. The summed E-state index contributed by atoms with van der Waals surface area (Å²) in [5, 5.41) is 3.54. The van der Waals surface area contributed by atoms with E-state index >= 15 is 0 Å². The van der Waals surface area contributed by atoms with Crippen LogP contribution in [-0.2, 0) is 5.41 Å². The first kappa shape index (κ1) is 26.1. The zero-order chi connectivity index (χ0) is 25.7. The average molecular weight is 513 g/mol. The molecular weight excluding hydrogens is 469 g/mol. The first-order valence-electron chi connectivity index (χ1n) is 13.2. The zero-order valence-electron chi connectivity index (χ0n) is 23.3. The first-order valence-corrected chi connectivity index (χ1v) is 23.7. The molecule has 2 aromatic carbocycles. The lowest BCUT2D eigenvalue weighted by molar-refractivity contribution is 0.377. The minimum atomic E-state index is -1.89. The van der Waals surface area contributed by atoms with E-state index < -0.39 is 24.2 Å². The van der Waals surface area contributed by atoms with Gasteiger partial charge in [-0.2, -0.15) is 0 Å². The molecule has 0 fully saturated rings. The van der Waals surface area contributed by atoms with Crippen molar-refractivity contribution >= 4 is 24.2 Å². The molecule has 184 valence electrons. The predicted octanol–water partition coefficient (Wildman–Crippen LogP) is 9.41. The van der Waals surface area contributed by atoms with Crippen LogP contribution < -0.4 is 0 Å². The van der Waals surface area contributed by atoms with Crippen molar-refractivity contribution in [2.45, 2.75) is 69.4 Å². The maximum absolute atomic E-state index is 2.74. The van der Waals surface area contributed by atoms with Gasteiger partial charge in [-0.25, -0.2) is 0 Å². The van der Waals surface area contributed by atoms with Crippen LogP contribution in [0.2, 0.25) is 64.0 Å². The van der Waals surface area contributed by atoms with Crippen molar-refractivity contribution < 1.29 is 0 Å². The second kappa shape index (κ2) is 8.86. The van der Waals surface area contributed by atoms with Gasteiger partial charge in [0.1, 0.15) is 0 Å². The molecule has 0 spiro atoms. The van der Waals surface area contributed by atoms with Crippen molar-refractivity contribution in [3.63, 3.8) is 0 Å². The highest BCUT2D eigenvalue weighted by Crippen LogP contribution is 2.70. The third-order valence-corrected chi connectivity index (χ3v) is 16.1. The summed E-state index contributed by atoms with van der Waals surface area (Å²) in [5.41, 5.74) is 2.70. The number of hydrogen-bond donors (Lipinski definition) is 0. The van der Waals surface area contributed by atoms with Crippen LogP contribution in [0.5, 0.6) is 0 Å². The molecule has 0 amide bonds. The fraction of sp³-hybridized carbons (Fsp3) is 0.375. The van der Waals surface area contributed by atoms with E-state index in [4.69, 9.17) is 0 Å². The molecule has 0 aliphatic heterocycles. The summed E-state index contributed by atoms with van der Waals surface area (Å²) in [6.45, 7) is 23.4. The van der Waals surface area contributed by atoms with Crippen molar-refractivity contribution in [1.29, 1.82) is 0 Å². The van der Waals surface area contributed by atoms with Gasteiger partial charge in [0, 0.05) is 16.4 Å². The maximum Gasteiger partial charge on any atom is 0.0770 e. The quantitative estimate of drug-likeness (QED) is 0.324. The molecule has 0 heterocycles. The van der Waals surface area contributed by atoms with Crippen molar-refractivity contribution in [1.82, 2.24) is 0 Å². The molecule has 0 radical (unpaired) electrons. The second-order valence-corrected chi connectivity index (χ2v) is 28.8. The van der Waals surface area contributed by atoms with E-state index in [9.17, 15) is 0 Å². The number of rotatable bonds is 7. The average Bonchev–Trinajstić information content (AvgIpc) is 3.45. The summed E-state index contributed by atoms with van der Waals surface area (Å²) in [6, 6.07) is 23.0. The Morgan fingerprint density at radius 3 is 1.46 bits per heavy atom. The van der Waals surface area contributed by atoms with E-state index in [2.05, 4.69) is 156 Å². The Balaban J connectivity index is 2.30. The lowest BCUT2D eigenvalue weighted by Crippen LogP contribution is -2.60. The van der Waals surface area contributed by atoms with Crippen LogP contribution in [0.3, 0.4) is 0 Å². The largest absolute Gasteiger partial charge is 0.0770 e. The highest BCUT2D eigenvalue weighted by molar-refractivity contribution is 6.94. The molecule has 0 saturated heterocycles. The van der Waals surface area contributed by atoms with Gasteiger partial charge in [-0.15, -0.1) is 0 Å². The molecule has 1 atom stereocenters. The first-order chi connectivity index (χ1) is 16.3. The molecule has 1 unspecified atom stereocenters. The van der Waals surface area contributed by atoms with Gasteiger partial charge in [-0.05, 0) is 11.1 Å². The number of allylic oxidation sites excluding steroid dienone is 8. The standard InChI is InChI=1S/C32H44Si3/c1-33(2,3)29-24-25-31(35(7,8)9,30(29)34(4,5)6)32(28-22-16-17-23-28,26-18-12-10-13-19-26)27-20-14-11-15-21-27/h10-25,28H,1-9H3. The lowest BCUT2D eigenvalue weighted by atomic mass is 9.58. The number of benzene rings is 2. The van der Waals surface area contributed by atoms with Crippen molar-refractivity contribution in [3.05, 3.63) is 119 Å². The highest BCUT2D eigenvalue weighted by atomic mass is 28.3. The Hall–Kier alpha value is -1.95. The monoisotopic (exact) mass is 512 g/mol. The molecule has 0 aromatic heterocycles. The number of hydrogen-bond acceptors (Lipinski definition) is 0. The van der Waals surface area contributed by atoms with Gasteiger partial charge in [0.2, 0.25) is 0 Å². The minimum absolute atomic E-state index is 0.0214. The van der Waals surface area contributed by atoms with Gasteiger partial charge in [-0.1, -0.05) is 166 Å². The molecule has 2 aliphatic carbocycles.